The summed E-state index contributed by atoms with van der Waals surface area (Å²) < 4.78 is 1.79. The second kappa shape index (κ2) is 9.33. The summed E-state index contributed by atoms with van der Waals surface area (Å²) in [6.45, 7) is 0. The molecule has 9 nitrogen and oxygen atoms in total. The van der Waals surface area contributed by atoms with Crippen LogP contribution in [0.4, 0.5) is 17.1 Å². The predicted octanol–water partition coefficient (Wildman–Crippen LogP) is 4.94. The fraction of sp³-hybridized carbons (Fsp3) is 0. The molecule has 2 N–H and O–H groups in total. The van der Waals surface area contributed by atoms with Gasteiger partial charge in [-0.15, -0.1) is 0 Å². The van der Waals surface area contributed by atoms with Gasteiger partial charge in [-0.05, 0) is 42.5 Å². The number of carbonyl (C=O) groups excluding carboxylic acids is 2. The van der Waals surface area contributed by atoms with E-state index in [1.54, 1.807) is 53.6 Å². The molecule has 0 aliphatic carbocycles. The van der Waals surface area contributed by atoms with Crippen LogP contribution in [0.5, 0.6) is 0 Å². The van der Waals surface area contributed by atoms with Gasteiger partial charge in [0.05, 0.1) is 33.2 Å². The van der Waals surface area contributed by atoms with Crippen molar-refractivity contribution in [2.45, 2.75) is 0 Å². The van der Waals surface area contributed by atoms with E-state index in [1.807, 2.05) is 18.2 Å². The maximum atomic E-state index is 12.7. The topological polar surface area (TPSA) is 119 Å². The minimum Gasteiger partial charge on any atom is -0.322 e. The van der Waals surface area contributed by atoms with Gasteiger partial charge >= 0.3 is 0 Å². The number of aromatic nitrogens is 2. The van der Waals surface area contributed by atoms with Crippen LogP contribution in [0.15, 0.2) is 85.5 Å². The second-order valence-electron chi connectivity index (χ2n) is 6.89. The smallest absolute Gasteiger partial charge is 0.270 e. The van der Waals surface area contributed by atoms with E-state index in [4.69, 9.17) is 11.6 Å². The summed E-state index contributed by atoms with van der Waals surface area (Å²) in [6, 6.07) is 17.2. The fourth-order valence-electron chi connectivity index (χ4n) is 3.10. The van der Waals surface area contributed by atoms with Crippen LogP contribution in [0.2, 0.25) is 5.02 Å². The van der Waals surface area contributed by atoms with Crippen molar-refractivity contribution < 1.29 is 14.5 Å². The van der Waals surface area contributed by atoms with Gasteiger partial charge in [0, 0.05) is 35.8 Å². The van der Waals surface area contributed by atoms with Gasteiger partial charge in [0.2, 0.25) is 0 Å². The predicted molar refractivity (Wildman–Crippen MR) is 124 cm³/mol. The number of hydrogen-bond acceptors (Lipinski definition) is 5. The van der Waals surface area contributed by atoms with Gasteiger partial charge in [-0.25, -0.2) is 4.98 Å². The first-order valence-corrected chi connectivity index (χ1v) is 10.0. The average Bonchev–Trinajstić information content (AvgIpc) is 3.35. The number of non-ortho nitro benzene ring substituents is 1. The molecule has 164 valence electrons. The van der Waals surface area contributed by atoms with Gasteiger partial charge in [-0.2, -0.15) is 0 Å². The summed E-state index contributed by atoms with van der Waals surface area (Å²) in [7, 11) is 0. The monoisotopic (exact) mass is 461 g/mol. The fourth-order valence-corrected chi connectivity index (χ4v) is 3.31. The van der Waals surface area contributed by atoms with Crippen LogP contribution in [0.1, 0.15) is 20.7 Å². The highest BCUT2D eigenvalue weighted by Crippen LogP contribution is 2.24. The number of carbonyl (C=O) groups is 2. The van der Waals surface area contributed by atoms with Gasteiger partial charge in [0.1, 0.15) is 0 Å². The Kier molecular flexibility index (Phi) is 6.14. The number of hydrogen-bond donors (Lipinski definition) is 2. The number of halogens is 1. The quantitative estimate of drug-likeness (QED) is 0.311. The molecule has 0 spiro atoms. The van der Waals surface area contributed by atoms with Crippen molar-refractivity contribution in [3.63, 3.8) is 0 Å². The summed E-state index contributed by atoms with van der Waals surface area (Å²) in [5.41, 5.74) is 1.88. The molecule has 0 bridgehead atoms. The highest BCUT2D eigenvalue weighted by molar-refractivity contribution is 6.34. The zero-order valence-electron chi connectivity index (χ0n) is 16.9. The highest BCUT2D eigenvalue weighted by Gasteiger charge is 2.16. The lowest BCUT2D eigenvalue weighted by Gasteiger charge is -2.12. The van der Waals surface area contributed by atoms with Gasteiger partial charge in [-0.1, -0.05) is 23.7 Å². The Hall–Kier alpha value is -4.50. The zero-order valence-corrected chi connectivity index (χ0v) is 17.7. The molecule has 1 aromatic heterocycles. The van der Waals surface area contributed by atoms with Gasteiger partial charge in [0.25, 0.3) is 17.5 Å². The third kappa shape index (κ3) is 4.89. The normalized spacial score (nSPS) is 10.5. The number of nitro benzene ring substituents is 1. The highest BCUT2D eigenvalue weighted by atomic mass is 35.5. The van der Waals surface area contributed by atoms with E-state index in [0.717, 1.165) is 11.8 Å². The Morgan fingerprint density at radius 1 is 0.970 bits per heavy atom. The van der Waals surface area contributed by atoms with E-state index in [9.17, 15) is 19.7 Å². The van der Waals surface area contributed by atoms with Crippen LogP contribution in [-0.2, 0) is 0 Å². The molecule has 33 heavy (non-hydrogen) atoms. The molecule has 0 aliphatic rings. The Bertz CT molecular complexity index is 1340. The standard InChI is InChI=1S/C23H16ClN5O4/c24-19-10-9-17(29(32)33)13-18(19)23(31)26-16-7-5-15(6-8-16)22(30)27-20-3-1-2-4-21(20)28-12-11-25-14-28/h1-14H,(H,26,31)(H,27,30). The van der Waals surface area contributed by atoms with E-state index in [-0.39, 0.29) is 22.2 Å². The van der Waals surface area contributed by atoms with Crippen molar-refractivity contribution in [2.75, 3.05) is 10.6 Å². The minimum absolute atomic E-state index is 0.0243. The third-order valence-corrected chi connectivity index (χ3v) is 5.07. The van der Waals surface area contributed by atoms with Gasteiger partial charge in [0.15, 0.2) is 0 Å². The summed E-state index contributed by atoms with van der Waals surface area (Å²) in [4.78, 5) is 39.6. The molecule has 1 heterocycles. The van der Waals surface area contributed by atoms with Crippen LogP contribution >= 0.6 is 11.6 Å². The molecule has 0 radical (unpaired) electrons. The van der Waals surface area contributed by atoms with Crippen LogP contribution in [0.25, 0.3) is 5.69 Å². The van der Waals surface area contributed by atoms with Crippen LogP contribution in [0, 0.1) is 10.1 Å². The summed E-state index contributed by atoms with van der Waals surface area (Å²) in [6.07, 6.45) is 5.05. The first kappa shape index (κ1) is 21.7. The molecule has 0 unspecified atom stereocenters. The van der Waals surface area contributed by atoms with Crippen molar-refractivity contribution in [1.29, 1.82) is 0 Å². The van der Waals surface area contributed by atoms with E-state index in [2.05, 4.69) is 15.6 Å². The number of para-hydroxylation sites is 2. The Morgan fingerprint density at radius 2 is 1.73 bits per heavy atom. The minimum atomic E-state index is -0.606. The number of nitrogens with one attached hydrogen (secondary N) is 2. The van der Waals surface area contributed by atoms with Gasteiger partial charge in [-0.3, -0.25) is 19.7 Å². The van der Waals surface area contributed by atoms with Crippen molar-refractivity contribution in [3.05, 3.63) is 112 Å². The molecular weight excluding hydrogens is 446 g/mol. The largest absolute Gasteiger partial charge is 0.322 e. The number of amides is 2. The maximum Gasteiger partial charge on any atom is 0.270 e. The summed E-state index contributed by atoms with van der Waals surface area (Å²) in [5, 5.41) is 16.5. The molecular formula is C23H16ClN5O4. The van der Waals surface area contributed by atoms with E-state index in [1.165, 1.54) is 12.1 Å². The molecule has 3 aromatic carbocycles. The van der Waals surface area contributed by atoms with Crippen molar-refractivity contribution in [3.8, 4) is 5.69 Å². The SMILES string of the molecule is O=C(Nc1ccccc1-n1ccnc1)c1ccc(NC(=O)c2cc([N+](=O)[O-])ccc2Cl)cc1. The number of rotatable bonds is 6. The third-order valence-electron chi connectivity index (χ3n) is 4.75. The molecule has 10 heteroatoms. The van der Waals surface area contributed by atoms with Crippen molar-refractivity contribution in [2.24, 2.45) is 0 Å². The van der Waals surface area contributed by atoms with E-state index in [0.29, 0.717) is 16.9 Å². The molecule has 0 saturated carbocycles. The average molecular weight is 462 g/mol. The Morgan fingerprint density at radius 3 is 2.42 bits per heavy atom. The van der Waals surface area contributed by atoms with E-state index >= 15 is 0 Å². The Labute approximate surface area is 192 Å². The zero-order chi connectivity index (χ0) is 23.4. The number of nitro groups is 1. The molecule has 0 aliphatic heterocycles. The maximum absolute atomic E-state index is 12.7. The molecule has 2 amide bonds. The molecule has 0 atom stereocenters. The number of imidazole rings is 1. The molecule has 4 aromatic rings. The molecule has 0 saturated heterocycles. The lowest BCUT2D eigenvalue weighted by atomic mass is 10.1. The summed E-state index contributed by atoms with van der Waals surface area (Å²) >= 11 is 6.01. The second-order valence-corrected chi connectivity index (χ2v) is 7.30. The van der Waals surface area contributed by atoms with Crippen molar-refractivity contribution in [1.82, 2.24) is 9.55 Å². The van der Waals surface area contributed by atoms with Gasteiger partial charge < -0.3 is 15.2 Å². The van der Waals surface area contributed by atoms with Crippen LogP contribution in [0.3, 0.4) is 0 Å². The van der Waals surface area contributed by atoms with Crippen molar-refractivity contribution >= 4 is 40.5 Å². The number of benzene rings is 3. The lowest BCUT2D eigenvalue weighted by Crippen LogP contribution is -2.15. The summed E-state index contributed by atoms with van der Waals surface area (Å²) in [5.74, 6) is -0.933. The number of nitrogens with zero attached hydrogens (tertiary/aromatic N) is 3. The van der Waals surface area contributed by atoms with Crippen LogP contribution < -0.4 is 10.6 Å². The molecule has 4 rings (SSSR count). The Balaban J connectivity index is 1.47. The first-order valence-electron chi connectivity index (χ1n) is 9.66. The van der Waals surface area contributed by atoms with Crippen LogP contribution in [-0.4, -0.2) is 26.3 Å². The van der Waals surface area contributed by atoms with E-state index < -0.39 is 10.8 Å². The number of anilines is 2. The molecule has 0 fully saturated rings. The first-order chi connectivity index (χ1) is 15.9. The lowest BCUT2D eigenvalue weighted by molar-refractivity contribution is -0.384.